The fraction of sp³-hybridized carbons (Fsp3) is 0.865. The van der Waals surface area contributed by atoms with Gasteiger partial charge >= 0.3 is 7.82 Å². The Labute approximate surface area is 284 Å². The van der Waals surface area contributed by atoms with Gasteiger partial charge in [0.15, 0.2) is 0 Å². The van der Waals surface area contributed by atoms with Crippen molar-refractivity contribution in [3.05, 3.63) is 24.3 Å². The number of aliphatic hydroxyl groups is 1. The average molecular weight is 674 g/mol. The molecule has 0 fully saturated rings. The number of rotatable bonds is 33. The van der Waals surface area contributed by atoms with Crippen LogP contribution >= 0.6 is 7.82 Å². The summed E-state index contributed by atoms with van der Waals surface area (Å²) in [6.45, 7) is 4.73. The third-order valence-corrected chi connectivity index (χ3v) is 9.16. The molecule has 0 aromatic rings. The molecule has 0 aromatic carbocycles. The van der Waals surface area contributed by atoms with Gasteiger partial charge in [0.25, 0.3) is 0 Å². The quantitative estimate of drug-likeness (QED) is 0.0278. The van der Waals surface area contributed by atoms with Crippen LogP contribution in [0.25, 0.3) is 0 Å². The summed E-state index contributed by atoms with van der Waals surface area (Å²) >= 11 is 0. The van der Waals surface area contributed by atoms with Gasteiger partial charge in [0.2, 0.25) is 5.91 Å². The Kier molecular flexibility index (Phi) is 29.4. The highest BCUT2D eigenvalue weighted by molar-refractivity contribution is 7.47. The molecule has 0 aromatic heterocycles. The number of nitrogens with zero attached hydrogens (tertiary/aromatic N) is 1. The molecule has 272 valence electrons. The van der Waals surface area contributed by atoms with Crippen molar-refractivity contribution in [3.8, 4) is 0 Å². The molecule has 0 spiro atoms. The van der Waals surface area contributed by atoms with Crippen molar-refractivity contribution < 1.29 is 32.9 Å². The number of hydrogen-bond acceptors (Lipinski definition) is 5. The molecule has 0 radical (unpaired) electrons. The van der Waals surface area contributed by atoms with Gasteiger partial charge in [-0.1, -0.05) is 141 Å². The van der Waals surface area contributed by atoms with Gasteiger partial charge in [-0.3, -0.25) is 13.8 Å². The Balaban J connectivity index is 4.56. The number of unbranched alkanes of at least 4 members (excludes halogenated alkanes) is 18. The maximum Gasteiger partial charge on any atom is 0.472 e. The Hall–Kier alpha value is -1.02. The van der Waals surface area contributed by atoms with Gasteiger partial charge < -0.3 is 19.8 Å². The highest BCUT2D eigenvalue weighted by Crippen LogP contribution is 2.43. The zero-order valence-electron chi connectivity index (χ0n) is 30.6. The Morgan fingerprint density at radius 1 is 0.717 bits per heavy atom. The molecule has 46 heavy (non-hydrogen) atoms. The van der Waals surface area contributed by atoms with E-state index in [1.54, 1.807) is 6.08 Å². The van der Waals surface area contributed by atoms with E-state index >= 15 is 0 Å². The van der Waals surface area contributed by atoms with E-state index in [2.05, 4.69) is 31.3 Å². The van der Waals surface area contributed by atoms with Gasteiger partial charge in [-0.25, -0.2) is 4.57 Å². The van der Waals surface area contributed by atoms with E-state index < -0.39 is 20.0 Å². The molecule has 9 heteroatoms. The molecule has 0 saturated heterocycles. The fourth-order valence-electron chi connectivity index (χ4n) is 5.11. The largest absolute Gasteiger partial charge is 0.472 e. The minimum absolute atomic E-state index is 0.0575. The molecule has 8 nitrogen and oxygen atoms in total. The Bertz CT molecular complexity index is 814. The molecule has 0 aliphatic rings. The lowest BCUT2D eigenvalue weighted by Crippen LogP contribution is -2.45. The number of hydrogen-bond donors (Lipinski definition) is 3. The molecule has 0 rings (SSSR count). The summed E-state index contributed by atoms with van der Waals surface area (Å²) in [4.78, 5) is 22.8. The standard InChI is InChI=1S/C37H73N2O6P/c1-6-8-10-12-14-16-17-18-19-20-21-22-23-24-26-28-30-36(40)35(34-45-46(42,43)44-33-32-39(3,4)5)38-37(41)31-29-27-25-15-13-11-9-7-2/h22-23,28,30,35-36,40H,6-21,24-27,29,31-34H2,1-5H3,(H-,38,41,42,43)/p+1/b23-22+,30-28+. The number of aliphatic hydroxyl groups excluding tert-OH is 1. The normalized spacial score (nSPS) is 15.0. The molecular weight excluding hydrogens is 599 g/mol. The zero-order valence-corrected chi connectivity index (χ0v) is 31.5. The number of phosphoric ester groups is 1. The van der Waals surface area contributed by atoms with Gasteiger partial charge in [0.1, 0.15) is 13.2 Å². The molecular formula is C37H74N2O6P+. The van der Waals surface area contributed by atoms with Gasteiger partial charge in [0.05, 0.1) is 39.9 Å². The van der Waals surface area contributed by atoms with Crippen LogP contribution in [0.1, 0.15) is 155 Å². The summed E-state index contributed by atoms with van der Waals surface area (Å²) < 4.78 is 23.4. The minimum Gasteiger partial charge on any atom is -0.387 e. The maximum atomic E-state index is 12.7. The molecule has 0 aliphatic carbocycles. The second-order valence-electron chi connectivity index (χ2n) is 13.9. The van der Waals surface area contributed by atoms with E-state index in [1.807, 2.05) is 27.2 Å². The highest BCUT2D eigenvalue weighted by atomic mass is 31.2. The van der Waals surface area contributed by atoms with Crippen LogP contribution in [0.5, 0.6) is 0 Å². The summed E-state index contributed by atoms with van der Waals surface area (Å²) in [5.74, 6) is -0.194. The zero-order chi connectivity index (χ0) is 34.4. The third-order valence-electron chi connectivity index (χ3n) is 8.17. The third kappa shape index (κ3) is 31.6. The fourth-order valence-corrected chi connectivity index (χ4v) is 5.85. The lowest BCUT2D eigenvalue weighted by molar-refractivity contribution is -0.870. The first-order valence-electron chi connectivity index (χ1n) is 18.7. The summed E-state index contributed by atoms with van der Waals surface area (Å²) in [7, 11) is 1.55. The molecule has 0 bridgehead atoms. The molecule has 0 aliphatic heterocycles. The van der Waals surface area contributed by atoms with Crippen molar-refractivity contribution in [1.82, 2.24) is 5.32 Å². The molecule has 0 saturated carbocycles. The van der Waals surface area contributed by atoms with Gasteiger partial charge in [-0.2, -0.15) is 0 Å². The first-order chi connectivity index (χ1) is 22.0. The number of quaternary nitrogens is 1. The van der Waals surface area contributed by atoms with Gasteiger partial charge in [0, 0.05) is 6.42 Å². The van der Waals surface area contributed by atoms with E-state index in [4.69, 9.17) is 9.05 Å². The van der Waals surface area contributed by atoms with E-state index in [1.165, 1.54) is 96.3 Å². The summed E-state index contributed by atoms with van der Waals surface area (Å²) in [6.07, 6.45) is 32.5. The number of phosphoric acid groups is 1. The second-order valence-corrected chi connectivity index (χ2v) is 15.4. The van der Waals surface area contributed by atoms with Crippen molar-refractivity contribution in [2.45, 2.75) is 167 Å². The van der Waals surface area contributed by atoms with Crippen molar-refractivity contribution in [2.75, 3.05) is 40.9 Å². The number of nitrogens with one attached hydrogen (secondary N) is 1. The van der Waals surface area contributed by atoms with Crippen LogP contribution in [-0.4, -0.2) is 73.4 Å². The number of carbonyl (C=O) groups excluding carboxylic acids is 1. The minimum atomic E-state index is -4.33. The average Bonchev–Trinajstić information content (AvgIpc) is 2.99. The molecule has 3 atom stereocenters. The van der Waals surface area contributed by atoms with Gasteiger partial charge in [-0.05, 0) is 32.1 Å². The van der Waals surface area contributed by atoms with Crippen molar-refractivity contribution >= 4 is 13.7 Å². The van der Waals surface area contributed by atoms with E-state index in [9.17, 15) is 19.4 Å². The van der Waals surface area contributed by atoms with Crippen molar-refractivity contribution in [2.24, 2.45) is 0 Å². The topological polar surface area (TPSA) is 105 Å². The molecule has 1 amide bonds. The van der Waals surface area contributed by atoms with Crippen LogP contribution < -0.4 is 5.32 Å². The lowest BCUT2D eigenvalue weighted by Gasteiger charge is -2.25. The number of likely N-dealkylation sites (N-methyl/N-ethyl adjacent to an activating group) is 1. The number of allylic oxidation sites excluding steroid dienone is 3. The maximum absolute atomic E-state index is 12.7. The Morgan fingerprint density at radius 2 is 1.20 bits per heavy atom. The van der Waals surface area contributed by atoms with Crippen LogP contribution in [-0.2, 0) is 18.4 Å². The van der Waals surface area contributed by atoms with Crippen molar-refractivity contribution in [3.63, 3.8) is 0 Å². The second kappa shape index (κ2) is 30.1. The van der Waals surface area contributed by atoms with E-state index in [-0.39, 0.29) is 19.1 Å². The van der Waals surface area contributed by atoms with Crippen LogP contribution in [0.2, 0.25) is 0 Å². The van der Waals surface area contributed by atoms with E-state index in [0.29, 0.717) is 17.4 Å². The van der Waals surface area contributed by atoms with E-state index in [0.717, 1.165) is 38.5 Å². The Morgan fingerprint density at radius 3 is 1.74 bits per heavy atom. The molecule has 3 unspecified atom stereocenters. The van der Waals surface area contributed by atoms with Crippen LogP contribution in [0.15, 0.2) is 24.3 Å². The monoisotopic (exact) mass is 674 g/mol. The number of carbonyl (C=O) groups is 1. The molecule has 3 N–H and O–H groups in total. The molecule has 0 heterocycles. The van der Waals surface area contributed by atoms with Crippen LogP contribution in [0.4, 0.5) is 0 Å². The predicted molar refractivity (Wildman–Crippen MR) is 194 cm³/mol. The van der Waals surface area contributed by atoms with Gasteiger partial charge in [-0.15, -0.1) is 0 Å². The first kappa shape index (κ1) is 45.0. The van der Waals surface area contributed by atoms with Crippen LogP contribution in [0, 0.1) is 0 Å². The number of amides is 1. The lowest BCUT2D eigenvalue weighted by atomic mass is 10.1. The SMILES string of the molecule is CCCCCCCCCCCC/C=C/CC/C=C/C(O)C(COP(=O)(O)OCC[N+](C)(C)C)NC(=O)CCCCCCCCCC. The smallest absolute Gasteiger partial charge is 0.387 e. The van der Waals surface area contributed by atoms with Crippen molar-refractivity contribution in [1.29, 1.82) is 0 Å². The summed E-state index contributed by atoms with van der Waals surface area (Å²) in [6, 6.07) is -0.854. The first-order valence-corrected chi connectivity index (χ1v) is 20.2. The highest BCUT2D eigenvalue weighted by Gasteiger charge is 2.27. The predicted octanol–water partition coefficient (Wildman–Crippen LogP) is 9.41. The summed E-state index contributed by atoms with van der Waals surface area (Å²) in [5, 5.41) is 13.7. The van der Waals surface area contributed by atoms with Crippen LogP contribution in [0.3, 0.4) is 0 Å². The summed E-state index contributed by atoms with van der Waals surface area (Å²) in [5.41, 5.74) is 0.